The van der Waals surface area contributed by atoms with Crippen molar-refractivity contribution >= 4 is 23.4 Å². The van der Waals surface area contributed by atoms with E-state index in [1.807, 2.05) is 29.2 Å². The molecule has 1 fully saturated rings. The number of carbonyl (C=O) groups is 2. The average Bonchev–Trinajstić information content (AvgIpc) is 3.30. The molecule has 1 aromatic carbocycles. The second-order valence-electron chi connectivity index (χ2n) is 7.31. The molecule has 1 N–H and O–H groups in total. The van der Waals surface area contributed by atoms with E-state index < -0.39 is 0 Å². The summed E-state index contributed by atoms with van der Waals surface area (Å²) in [7, 11) is 0. The number of pyridine rings is 1. The Kier molecular flexibility index (Phi) is 6.52. The molecule has 4 rings (SSSR count). The molecular formula is C23H22ClN5O2. The summed E-state index contributed by atoms with van der Waals surface area (Å²) in [6.07, 6.45) is 6.82. The van der Waals surface area contributed by atoms with E-state index in [2.05, 4.69) is 15.3 Å². The number of halogens is 1. The minimum atomic E-state index is -0.235. The van der Waals surface area contributed by atoms with Gasteiger partial charge in [-0.3, -0.25) is 14.6 Å². The number of likely N-dealkylation sites (tertiary alicyclic amines) is 1. The maximum absolute atomic E-state index is 12.8. The van der Waals surface area contributed by atoms with Crippen LogP contribution in [0, 0.1) is 0 Å². The standard InChI is InChI=1S/C23H22ClN5O2/c24-18-6-1-4-16(14-18)22-26-11-8-19(28-22)20-7-3-13-29(20)21(30)9-12-27-23(31)17-5-2-10-25-15-17/h1-2,4-6,8,10-11,14-15,20H,3,7,9,12-13H2,(H,27,31)/t20-/m0/s1. The number of hydrogen-bond acceptors (Lipinski definition) is 5. The van der Waals surface area contributed by atoms with E-state index in [9.17, 15) is 9.59 Å². The Balaban J connectivity index is 1.40. The highest BCUT2D eigenvalue weighted by molar-refractivity contribution is 6.30. The van der Waals surface area contributed by atoms with E-state index in [-0.39, 0.29) is 30.8 Å². The van der Waals surface area contributed by atoms with E-state index in [1.54, 1.807) is 30.6 Å². The number of aromatic nitrogens is 3. The van der Waals surface area contributed by atoms with Gasteiger partial charge in [0.2, 0.25) is 5.91 Å². The van der Waals surface area contributed by atoms with Gasteiger partial charge >= 0.3 is 0 Å². The Morgan fingerprint density at radius 2 is 2.06 bits per heavy atom. The van der Waals surface area contributed by atoms with E-state index in [4.69, 9.17) is 16.6 Å². The number of rotatable bonds is 6. The summed E-state index contributed by atoms with van der Waals surface area (Å²) >= 11 is 6.09. The molecule has 7 nitrogen and oxygen atoms in total. The van der Waals surface area contributed by atoms with Crippen molar-refractivity contribution < 1.29 is 9.59 Å². The second kappa shape index (κ2) is 9.66. The molecule has 0 radical (unpaired) electrons. The zero-order valence-corrected chi connectivity index (χ0v) is 17.6. The van der Waals surface area contributed by atoms with Crippen molar-refractivity contribution in [1.29, 1.82) is 0 Å². The zero-order chi connectivity index (χ0) is 21.6. The lowest BCUT2D eigenvalue weighted by molar-refractivity contribution is -0.132. The van der Waals surface area contributed by atoms with Crippen LogP contribution in [0.4, 0.5) is 0 Å². The second-order valence-corrected chi connectivity index (χ2v) is 7.74. The van der Waals surface area contributed by atoms with Crippen LogP contribution >= 0.6 is 11.6 Å². The molecule has 2 amide bonds. The topological polar surface area (TPSA) is 88.1 Å². The van der Waals surface area contributed by atoms with Crippen LogP contribution in [0.2, 0.25) is 5.02 Å². The molecule has 1 aliphatic heterocycles. The quantitative estimate of drug-likeness (QED) is 0.638. The van der Waals surface area contributed by atoms with Crippen molar-refractivity contribution in [2.75, 3.05) is 13.1 Å². The lowest BCUT2D eigenvalue weighted by Crippen LogP contribution is -2.34. The number of carbonyl (C=O) groups excluding carboxylic acids is 2. The minimum absolute atomic E-state index is 0.00287. The lowest BCUT2D eigenvalue weighted by Gasteiger charge is -2.24. The van der Waals surface area contributed by atoms with E-state index in [0.29, 0.717) is 23.0 Å². The predicted octanol–water partition coefficient (Wildman–Crippen LogP) is 3.68. The van der Waals surface area contributed by atoms with Crippen LogP contribution in [0.15, 0.2) is 61.1 Å². The van der Waals surface area contributed by atoms with Gasteiger partial charge in [-0.2, -0.15) is 0 Å². The summed E-state index contributed by atoms with van der Waals surface area (Å²) in [6, 6.07) is 12.5. The number of benzene rings is 1. The Morgan fingerprint density at radius 3 is 2.87 bits per heavy atom. The van der Waals surface area contributed by atoms with Crippen molar-refractivity contribution in [3.8, 4) is 11.4 Å². The molecule has 31 heavy (non-hydrogen) atoms. The van der Waals surface area contributed by atoms with E-state index in [0.717, 1.165) is 24.1 Å². The van der Waals surface area contributed by atoms with Crippen LogP contribution < -0.4 is 5.32 Å². The maximum Gasteiger partial charge on any atom is 0.252 e. The molecule has 8 heteroatoms. The van der Waals surface area contributed by atoms with Crippen LogP contribution in [0.5, 0.6) is 0 Å². The van der Waals surface area contributed by atoms with Gasteiger partial charge in [-0.25, -0.2) is 9.97 Å². The molecule has 0 unspecified atom stereocenters. The van der Waals surface area contributed by atoms with Gasteiger partial charge in [0, 0.05) is 48.7 Å². The summed E-state index contributed by atoms with van der Waals surface area (Å²) < 4.78 is 0. The first-order valence-corrected chi connectivity index (χ1v) is 10.6. The molecular weight excluding hydrogens is 414 g/mol. The number of hydrogen-bond donors (Lipinski definition) is 1. The molecule has 3 heterocycles. The molecule has 0 aliphatic carbocycles. The van der Waals surface area contributed by atoms with Gasteiger partial charge < -0.3 is 10.2 Å². The first-order chi connectivity index (χ1) is 15.1. The molecule has 3 aromatic rings. The van der Waals surface area contributed by atoms with Gasteiger partial charge in [-0.15, -0.1) is 0 Å². The fraction of sp³-hybridized carbons (Fsp3) is 0.261. The van der Waals surface area contributed by atoms with Crippen molar-refractivity contribution in [2.45, 2.75) is 25.3 Å². The van der Waals surface area contributed by atoms with Crippen molar-refractivity contribution in [3.05, 3.63) is 77.3 Å². The first kappa shape index (κ1) is 20.9. The molecule has 0 spiro atoms. The van der Waals surface area contributed by atoms with Crippen molar-refractivity contribution in [1.82, 2.24) is 25.2 Å². The monoisotopic (exact) mass is 435 g/mol. The minimum Gasteiger partial charge on any atom is -0.351 e. The summed E-state index contributed by atoms with van der Waals surface area (Å²) in [5.74, 6) is 0.348. The molecule has 0 bridgehead atoms. The molecule has 2 aromatic heterocycles. The van der Waals surface area contributed by atoms with Crippen molar-refractivity contribution in [3.63, 3.8) is 0 Å². The third-order valence-electron chi connectivity index (χ3n) is 5.22. The zero-order valence-electron chi connectivity index (χ0n) is 16.9. The summed E-state index contributed by atoms with van der Waals surface area (Å²) in [5, 5.41) is 3.40. The molecule has 1 aliphatic rings. The molecule has 158 valence electrons. The third-order valence-corrected chi connectivity index (χ3v) is 5.46. The fourth-order valence-corrected chi connectivity index (χ4v) is 3.91. The number of nitrogens with one attached hydrogen (secondary N) is 1. The molecule has 0 saturated carbocycles. The molecule has 1 atom stereocenters. The van der Waals surface area contributed by atoms with Gasteiger partial charge in [0.25, 0.3) is 5.91 Å². The number of amides is 2. The van der Waals surface area contributed by atoms with Crippen molar-refractivity contribution in [2.24, 2.45) is 0 Å². The van der Waals surface area contributed by atoms with Gasteiger partial charge in [-0.05, 0) is 43.2 Å². The first-order valence-electron chi connectivity index (χ1n) is 10.2. The average molecular weight is 436 g/mol. The van der Waals surface area contributed by atoms with Gasteiger partial charge in [0.1, 0.15) is 0 Å². The lowest BCUT2D eigenvalue weighted by atomic mass is 10.1. The van der Waals surface area contributed by atoms with Gasteiger partial charge in [-0.1, -0.05) is 23.7 Å². The van der Waals surface area contributed by atoms with Crippen LogP contribution in [0.25, 0.3) is 11.4 Å². The highest BCUT2D eigenvalue weighted by Crippen LogP contribution is 2.32. The highest BCUT2D eigenvalue weighted by atomic mass is 35.5. The predicted molar refractivity (Wildman–Crippen MR) is 117 cm³/mol. The Labute approximate surface area is 185 Å². The summed E-state index contributed by atoms with van der Waals surface area (Å²) in [4.78, 5) is 39.8. The Hall–Kier alpha value is -3.32. The van der Waals surface area contributed by atoms with Crippen LogP contribution in [-0.2, 0) is 4.79 Å². The Bertz CT molecular complexity index is 1080. The molecule has 1 saturated heterocycles. The summed E-state index contributed by atoms with van der Waals surface area (Å²) in [6.45, 7) is 0.948. The van der Waals surface area contributed by atoms with Crippen LogP contribution in [-0.4, -0.2) is 44.8 Å². The number of nitrogens with zero attached hydrogens (tertiary/aromatic N) is 4. The fourth-order valence-electron chi connectivity index (χ4n) is 3.72. The normalized spacial score (nSPS) is 15.6. The van der Waals surface area contributed by atoms with Gasteiger partial charge in [0.05, 0.1) is 17.3 Å². The Morgan fingerprint density at radius 1 is 1.16 bits per heavy atom. The van der Waals surface area contributed by atoms with Gasteiger partial charge in [0.15, 0.2) is 5.82 Å². The largest absolute Gasteiger partial charge is 0.351 e. The highest BCUT2D eigenvalue weighted by Gasteiger charge is 2.31. The summed E-state index contributed by atoms with van der Waals surface area (Å²) in [5.41, 5.74) is 2.13. The maximum atomic E-state index is 12.8. The van der Waals surface area contributed by atoms with Crippen LogP contribution in [0.3, 0.4) is 0 Å². The van der Waals surface area contributed by atoms with E-state index in [1.165, 1.54) is 6.20 Å². The van der Waals surface area contributed by atoms with Crippen LogP contribution in [0.1, 0.15) is 41.4 Å². The van der Waals surface area contributed by atoms with E-state index >= 15 is 0 Å². The third kappa shape index (κ3) is 5.06. The smallest absolute Gasteiger partial charge is 0.252 e. The SMILES string of the molecule is O=C(NCCC(=O)N1CCC[C@H]1c1ccnc(-c2cccc(Cl)c2)n1)c1cccnc1.